The smallest absolute Gasteiger partial charge is 0.142 e. The van der Waals surface area contributed by atoms with Crippen LogP contribution in [0.5, 0.6) is 0 Å². The highest BCUT2D eigenvalue weighted by atomic mass is 32.1. The van der Waals surface area contributed by atoms with Crippen molar-refractivity contribution in [3.63, 3.8) is 0 Å². The lowest BCUT2D eigenvalue weighted by molar-refractivity contribution is -0.124. The summed E-state index contributed by atoms with van der Waals surface area (Å²) in [5, 5.41) is 4.05. The van der Waals surface area contributed by atoms with E-state index in [2.05, 4.69) is 9.97 Å². The molecule has 3 nitrogen and oxygen atoms in total. The summed E-state index contributed by atoms with van der Waals surface area (Å²) < 4.78 is 0. The number of carbonyl (C=O) groups is 1. The fourth-order valence-corrected chi connectivity index (χ4v) is 4.04. The van der Waals surface area contributed by atoms with Crippen molar-refractivity contribution in [3.8, 4) is 10.6 Å². The average Bonchev–Trinajstić information content (AvgIpc) is 2.82. The Hall–Kier alpha value is -1.07. The number of carbonyl (C=O) groups excluding carboxylic acids is 1. The number of Topliss-reactive ketones (excluding diaryl/α,β-unsaturated/α-hetero) is 1. The lowest BCUT2D eigenvalue weighted by Crippen LogP contribution is -2.23. The lowest BCUT2D eigenvalue weighted by Gasteiger charge is -2.23. The third-order valence-electron chi connectivity index (χ3n) is 3.57. The number of rotatable bonds is 4. The van der Waals surface area contributed by atoms with Crippen LogP contribution in [-0.4, -0.2) is 15.8 Å². The fourth-order valence-electron chi connectivity index (χ4n) is 2.29. The standard InChI is InChI=1S/C14H16N2OS2/c1-8-14(19-9(2)15-8)11-7-18-13(16-11)6-12(17)10-4-3-5-10/h7,10H,3-6H2,1-2H3. The summed E-state index contributed by atoms with van der Waals surface area (Å²) in [7, 11) is 0. The maximum atomic E-state index is 12.0. The van der Waals surface area contributed by atoms with Gasteiger partial charge in [-0.1, -0.05) is 6.42 Å². The second kappa shape index (κ2) is 5.13. The van der Waals surface area contributed by atoms with Gasteiger partial charge in [0.05, 0.1) is 27.7 Å². The Morgan fingerprint density at radius 2 is 2.16 bits per heavy atom. The molecule has 100 valence electrons. The van der Waals surface area contributed by atoms with Crippen molar-refractivity contribution in [1.29, 1.82) is 0 Å². The molecule has 0 radical (unpaired) electrons. The van der Waals surface area contributed by atoms with Gasteiger partial charge in [-0.2, -0.15) is 0 Å². The van der Waals surface area contributed by atoms with Gasteiger partial charge in [0.2, 0.25) is 0 Å². The molecule has 19 heavy (non-hydrogen) atoms. The van der Waals surface area contributed by atoms with E-state index in [1.165, 1.54) is 6.42 Å². The van der Waals surface area contributed by atoms with E-state index >= 15 is 0 Å². The summed E-state index contributed by atoms with van der Waals surface area (Å²) in [4.78, 5) is 22.1. The molecule has 2 aromatic rings. The maximum Gasteiger partial charge on any atom is 0.142 e. The minimum atomic E-state index is 0.305. The zero-order chi connectivity index (χ0) is 13.4. The van der Waals surface area contributed by atoms with Crippen molar-refractivity contribution in [3.05, 3.63) is 21.1 Å². The Morgan fingerprint density at radius 1 is 1.37 bits per heavy atom. The predicted octanol–water partition coefficient (Wildman–Crippen LogP) is 3.80. The number of ketones is 1. The molecule has 1 fully saturated rings. The van der Waals surface area contributed by atoms with Crippen LogP contribution in [0.1, 0.15) is 35.0 Å². The third-order valence-corrected chi connectivity index (χ3v) is 5.52. The first-order valence-electron chi connectivity index (χ1n) is 6.55. The molecule has 1 saturated carbocycles. The van der Waals surface area contributed by atoms with Gasteiger partial charge >= 0.3 is 0 Å². The average molecular weight is 292 g/mol. The number of hydrogen-bond acceptors (Lipinski definition) is 5. The molecule has 1 aliphatic rings. The quantitative estimate of drug-likeness (QED) is 0.861. The summed E-state index contributed by atoms with van der Waals surface area (Å²) in [6, 6.07) is 0. The summed E-state index contributed by atoms with van der Waals surface area (Å²) in [5.41, 5.74) is 2.01. The van der Waals surface area contributed by atoms with Crippen LogP contribution in [0.3, 0.4) is 0 Å². The van der Waals surface area contributed by atoms with Crippen molar-refractivity contribution >= 4 is 28.5 Å². The first-order chi connectivity index (χ1) is 9.13. The first kappa shape index (κ1) is 12.9. The van der Waals surface area contributed by atoms with E-state index < -0.39 is 0 Å². The van der Waals surface area contributed by atoms with Gasteiger partial charge in [-0.05, 0) is 26.7 Å². The van der Waals surface area contributed by atoms with Gasteiger partial charge < -0.3 is 0 Å². The van der Waals surface area contributed by atoms with E-state index in [9.17, 15) is 4.79 Å². The van der Waals surface area contributed by atoms with Gasteiger partial charge in [0.1, 0.15) is 10.8 Å². The number of aromatic nitrogens is 2. The zero-order valence-electron chi connectivity index (χ0n) is 11.1. The number of hydrogen-bond donors (Lipinski definition) is 0. The van der Waals surface area contributed by atoms with Gasteiger partial charge in [0.15, 0.2) is 0 Å². The monoisotopic (exact) mass is 292 g/mol. The van der Waals surface area contributed by atoms with E-state index in [0.717, 1.165) is 39.1 Å². The van der Waals surface area contributed by atoms with Crippen LogP contribution in [0.2, 0.25) is 0 Å². The number of thiazole rings is 2. The predicted molar refractivity (Wildman–Crippen MR) is 78.7 cm³/mol. The second-order valence-electron chi connectivity index (χ2n) is 5.04. The molecule has 0 saturated heterocycles. The molecule has 0 amide bonds. The molecular weight excluding hydrogens is 276 g/mol. The Labute approximate surface area is 120 Å². The van der Waals surface area contributed by atoms with Crippen molar-refractivity contribution in [2.24, 2.45) is 5.92 Å². The Morgan fingerprint density at radius 3 is 2.74 bits per heavy atom. The minimum Gasteiger partial charge on any atom is -0.299 e. The summed E-state index contributed by atoms with van der Waals surface area (Å²) in [6.45, 7) is 4.02. The van der Waals surface area contributed by atoms with E-state index in [4.69, 9.17) is 0 Å². The van der Waals surface area contributed by atoms with Gasteiger partial charge in [0.25, 0.3) is 0 Å². The third kappa shape index (κ3) is 2.62. The van der Waals surface area contributed by atoms with Crippen LogP contribution in [-0.2, 0) is 11.2 Å². The number of aryl methyl sites for hydroxylation is 2. The van der Waals surface area contributed by atoms with Crippen LogP contribution in [0.25, 0.3) is 10.6 Å². The van der Waals surface area contributed by atoms with E-state index in [1.807, 2.05) is 19.2 Å². The molecule has 1 aliphatic carbocycles. The van der Waals surface area contributed by atoms with Crippen molar-refractivity contribution < 1.29 is 4.79 Å². The molecule has 0 bridgehead atoms. The molecule has 0 unspecified atom stereocenters. The molecule has 5 heteroatoms. The molecule has 0 aliphatic heterocycles. The molecule has 0 aromatic carbocycles. The molecule has 2 heterocycles. The summed E-state index contributed by atoms with van der Waals surface area (Å²) in [5.74, 6) is 0.670. The molecular formula is C14H16N2OS2. The SMILES string of the molecule is Cc1nc(C)c(-c2csc(CC(=O)C3CCC3)n2)s1. The second-order valence-corrected chi connectivity index (χ2v) is 7.19. The van der Waals surface area contributed by atoms with E-state index in [-0.39, 0.29) is 0 Å². The maximum absolute atomic E-state index is 12.0. The van der Waals surface area contributed by atoms with Crippen LogP contribution >= 0.6 is 22.7 Å². The van der Waals surface area contributed by atoms with Crippen LogP contribution in [0.15, 0.2) is 5.38 Å². The van der Waals surface area contributed by atoms with Crippen molar-refractivity contribution in [1.82, 2.24) is 9.97 Å². The highest BCUT2D eigenvalue weighted by molar-refractivity contribution is 7.16. The van der Waals surface area contributed by atoms with Crippen molar-refractivity contribution in [2.45, 2.75) is 39.5 Å². The Bertz CT molecular complexity index is 611. The van der Waals surface area contributed by atoms with Crippen LogP contribution in [0.4, 0.5) is 0 Å². The van der Waals surface area contributed by atoms with Gasteiger partial charge in [-0.3, -0.25) is 4.79 Å². The molecule has 0 atom stereocenters. The highest BCUT2D eigenvalue weighted by Gasteiger charge is 2.25. The topological polar surface area (TPSA) is 42.9 Å². The lowest BCUT2D eigenvalue weighted by atomic mass is 9.81. The van der Waals surface area contributed by atoms with Gasteiger partial charge in [-0.15, -0.1) is 22.7 Å². The fraction of sp³-hybridized carbons (Fsp3) is 0.500. The van der Waals surface area contributed by atoms with E-state index in [0.29, 0.717) is 18.1 Å². The first-order valence-corrected chi connectivity index (χ1v) is 8.24. The molecule has 0 N–H and O–H groups in total. The Balaban J connectivity index is 1.75. The normalized spacial score (nSPS) is 15.5. The summed E-state index contributed by atoms with van der Waals surface area (Å²) >= 11 is 3.26. The molecule has 3 rings (SSSR count). The number of nitrogens with zero attached hydrogens (tertiary/aromatic N) is 2. The van der Waals surface area contributed by atoms with Gasteiger partial charge in [0, 0.05) is 11.3 Å². The van der Waals surface area contributed by atoms with Crippen LogP contribution in [0, 0.1) is 19.8 Å². The summed E-state index contributed by atoms with van der Waals surface area (Å²) in [6.07, 6.45) is 3.86. The highest BCUT2D eigenvalue weighted by Crippen LogP contribution is 2.32. The minimum absolute atomic E-state index is 0.305. The zero-order valence-corrected chi connectivity index (χ0v) is 12.7. The van der Waals surface area contributed by atoms with Crippen LogP contribution < -0.4 is 0 Å². The largest absolute Gasteiger partial charge is 0.299 e. The van der Waals surface area contributed by atoms with E-state index in [1.54, 1.807) is 22.7 Å². The Kier molecular flexibility index (Phi) is 3.50. The molecule has 0 spiro atoms. The molecule has 2 aromatic heterocycles. The van der Waals surface area contributed by atoms with Gasteiger partial charge in [-0.25, -0.2) is 9.97 Å². The van der Waals surface area contributed by atoms with Crippen molar-refractivity contribution in [2.75, 3.05) is 0 Å².